The third-order valence-corrected chi connectivity index (χ3v) is 6.37. The number of ether oxygens (including phenoxy) is 2. The lowest BCUT2D eigenvalue weighted by Crippen LogP contribution is -2.40. The van der Waals surface area contributed by atoms with Crippen molar-refractivity contribution in [1.82, 2.24) is 4.90 Å². The van der Waals surface area contributed by atoms with Gasteiger partial charge in [-0.15, -0.1) is 0 Å². The van der Waals surface area contributed by atoms with E-state index in [9.17, 15) is 0 Å². The molecule has 33 heavy (non-hydrogen) atoms. The first-order valence-corrected chi connectivity index (χ1v) is 14.3. The Balaban J connectivity index is 3.66. The third kappa shape index (κ3) is 22.9. The second-order valence-corrected chi connectivity index (χ2v) is 9.81. The lowest BCUT2D eigenvalue weighted by molar-refractivity contribution is -0.172. The Kier molecular flexibility index (Phi) is 25.5. The van der Waals surface area contributed by atoms with Crippen LogP contribution in [0.3, 0.4) is 0 Å². The highest BCUT2D eigenvalue weighted by molar-refractivity contribution is 4.92. The van der Waals surface area contributed by atoms with Crippen LogP contribution in [0.15, 0.2) is 24.3 Å². The van der Waals surface area contributed by atoms with Gasteiger partial charge in [0.15, 0.2) is 6.29 Å². The van der Waals surface area contributed by atoms with Crippen molar-refractivity contribution in [3.63, 3.8) is 0 Å². The van der Waals surface area contributed by atoms with Gasteiger partial charge in [0.2, 0.25) is 0 Å². The molecule has 1 unspecified atom stereocenters. The molecule has 0 spiro atoms. The van der Waals surface area contributed by atoms with Crippen molar-refractivity contribution >= 4 is 0 Å². The van der Waals surface area contributed by atoms with Crippen molar-refractivity contribution in [1.29, 1.82) is 0 Å². The zero-order chi connectivity index (χ0) is 24.4. The molecule has 0 bridgehead atoms. The number of hydrogen-bond donors (Lipinski definition) is 0. The van der Waals surface area contributed by atoms with Gasteiger partial charge in [-0.25, -0.2) is 0 Å². The van der Waals surface area contributed by atoms with E-state index >= 15 is 0 Å². The van der Waals surface area contributed by atoms with Crippen LogP contribution in [-0.2, 0) is 9.47 Å². The highest BCUT2D eigenvalue weighted by Crippen LogP contribution is 2.12. The van der Waals surface area contributed by atoms with Crippen molar-refractivity contribution < 1.29 is 9.47 Å². The Bertz CT molecular complexity index is 433. The van der Waals surface area contributed by atoms with E-state index in [0.29, 0.717) is 0 Å². The van der Waals surface area contributed by atoms with E-state index in [1.807, 2.05) is 0 Å². The average Bonchev–Trinajstić information content (AvgIpc) is 2.81. The summed E-state index contributed by atoms with van der Waals surface area (Å²) in [6.45, 7) is 8.34. The van der Waals surface area contributed by atoms with Crippen LogP contribution >= 0.6 is 0 Å². The maximum absolute atomic E-state index is 6.13. The van der Waals surface area contributed by atoms with Gasteiger partial charge in [-0.1, -0.05) is 102 Å². The van der Waals surface area contributed by atoms with Crippen LogP contribution in [0.25, 0.3) is 0 Å². The molecule has 0 aliphatic heterocycles. The lowest BCUT2D eigenvalue weighted by atomic mass is 10.1. The highest BCUT2D eigenvalue weighted by Gasteiger charge is 2.20. The summed E-state index contributed by atoms with van der Waals surface area (Å²) >= 11 is 0. The summed E-state index contributed by atoms with van der Waals surface area (Å²) in [5.74, 6) is 0. The van der Waals surface area contributed by atoms with Crippen LogP contribution in [0.2, 0.25) is 0 Å². The maximum atomic E-state index is 6.13. The zero-order valence-corrected chi connectivity index (χ0v) is 23.2. The summed E-state index contributed by atoms with van der Waals surface area (Å²) in [6, 6.07) is 0.283. The fraction of sp³-hybridized carbons (Fsp3) is 0.867. The molecule has 0 saturated carbocycles. The Hall–Kier alpha value is -0.640. The summed E-state index contributed by atoms with van der Waals surface area (Å²) in [5.41, 5.74) is 0. The molecule has 0 aliphatic rings. The molecule has 196 valence electrons. The second-order valence-electron chi connectivity index (χ2n) is 9.81. The van der Waals surface area contributed by atoms with Gasteiger partial charge in [0.25, 0.3) is 0 Å². The number of hydrogen-bond acceptors (Lipinski definition) is 3. The summed E-state index contributed by atoms with van der Waals surface area (Å²) in [7, 11) is 4.21. The minimum absolute atomic E-state index is 0.107. The van der Waals surface area contributed by atoms with Gasteiger partial charge in [0, 0.05) is 13.2 Å². The second kappa shape index (κ2) is 26.0. The van der Waals surface area contributed by atoms with Crippen LogP contribution in [0.5, 0.6) is 0 Å². The predicted molar refractivity (Wildman–Crippen MR) is 147 cm³/mol. The molecule has 0 aromatic rings. The van der Waals surface area contributed by atoms with E-state index in [1.165, 1.54) is 89.9 Å². The van der Waals surface area contributed by atoms with Crippen molar-refractivity contribution in [2.75, 3.05) is 27.3 Å². The molecule has 0 aromatic carbocycles. The first-order valence-electron chi connectivity index (χ1n) is 14.3. The third-order valence-electron chi connectivity index (χ3n) is 6.37. The SMILES string of the molecule is CCCCC/C=C\C/C=C\CCCCCCCCOC(OCCCCCCC)[C@H](C)N(C)C. The van der Waals surface area contributed by atoms with Crippen LogP contribution in [0.1, 0.15) is 130 Å². The van der Waals surface area contributed by atoms with Gasteiger partial charge in [-0.05, 0) is 66.0 Å². The van der Waals surface area contributed by atoms with Gasteiger partial charge in [-0.3, -0.25) is 0 Å². The van der Waals surface area contributed by atoms with Crippen molar-refractivity contribution in [3.05, 3.63) is 24.3 Å². The fourth-order valence-electron chi connectivity index (χ4n) is 3.76. The molecule has 2 atom stereocenters. The molecule has 0 aliphatic carbocycles. The van der Waals surface area contributed by atoms with Crippen LogP contribution in [0.4, 0.5) is 0 Å². The van der Waals surface area contributed by atoms with Crippen molar-refractivity contribution in [2.24, 2.45) is 0 Å². The highest BCUT2D eigenvalue weighted by atomic mass is 16.7. The number of nitrogens with zero attached hydrogens (tertiary/aromatic N) is 1. The molecule has 0 radical (unpaired) electrons. The molecular weight excluding hydrogens is 406 g/mol. The summed E-state index contributed by atoms with van der Waals surface area (Å²) < 4.78 is 12.2. The largest absolute Gasteiger partial charge is 0.351 e. The predicted octanol–water partition coefficient (Wildman–Crippen LogP) is 9.08. The van der Waals surface area contributed by atoms with E-state index < -0.39 is 0 Å². The fourth-order valence-corrected chi connectivity index (χ4v) is 3.76. The standard InChI is InChI=1S/C30H59NO2/c1-6-8-10-12-13-14-15-16-17-18-19-20-21-22-24-26-28-33-30(29(3)31(4)5)32-27-25-23-11-9-7-2/h13-14,16-17,29-30H,6-12,15,18-28H2,1-5H3/b14-13-,17-16-/t29-,30?/m0/s1. The van der Waals surface area contributed by atoms with E-state index in [0.717, 1.165) is 32.5 Å². The van der Waals surface area contributed by atoms with E-state index in [2.05, 4.69) is 64.1 Å². The number of unbranched alkanes of at least 4 members (excludes halogenated alkanes) is 13. The van der Waals surface area contributed by atoms with E-state index in [1.54, 1.807) is 0 Å². The van der Waals surface area contributed by atoms with Gasteiger partial charge >= 0.3 is 0 Å². The molecule has 0 N–H and O–H groups in total. The topological polar surface area (TPSA) is 21.7 Å². The van der Waals surface area contributed by atoms with Gasteiger partial charge in [-0.2, -0.15) is 0 Å². The minimum atomic E-state index is -0.107. The first-order chi connectivity index (χ1) is 16.1. The Morgan fingerprint density at radius 2 is 1.00 bits per heavy atom. The quantitative estimate of drug-likeness (QED) is 0.0762. The molecule has 0 fully saturated rings. The first kappa shape index (κ1) is 32.4. The van der Waals surface area contributed by atoms with E-state index in [4.69, 9.17) is 9.47 Å². The summed E-state index contributed by atoms with van der Waals surface area (Å²) in [6.07, 6.45) is 30.9. The molecule has 0 aromatic heterocycles. The van der Waals surface area contributed by atoms with Crippen LogP contribution in [0, 0.1) is 0 Å². The maximum Gasteiger partial charge on any atom is 0.172 e. The molecule has 0 saturated heterocycles. The molecule has 3 heteroatoms. The summed E-state index contributed by atoms with van der Waals surface area (Å²) in [5, 5.41) is 0. The molecular formula is C30H59NO2. The lowest BCUT2D eigenvalue weighted by Gasteiger charge is -2.29. The average molecular weight is 466 g/mol. The van der Waals surface area contributed by atoms with Crippen molar-refractivity contribution in [3.8, 4) is 0 Å². The number of rotatable bonds is 25. The van der Waals surface area contributed by atoms with Gasteiger partial charge in [0.1, 0.15) is 0 Å². The number of allylic oxidation sites excluding steroid dienone is 4. The smallest absolute Gasteiger partial charge is 0.172 e. The van der Waals surface area contributed by atoms with Gasteiger partial charge < -0.3 is 14.4 Å². The molecule has 0 heterocycles. The Morgan fingerprint density at radius 1 is 0.576 bits per heavy atom. The van der Waals surface area contributed by atoms with Gasteiger partial charge in [0.05, 0.1) is 6.04 Å². The Labute approximate surface area is 208 Å². The monoisotopic (exact) mass is 465 g/mol. The van der Waals surface area contributed by atoms with Crippen molar-refractivity contribution in [2.45, 2.75) is 142 Å². The zero-order valence-electron chi connectivity index (χ0n) is 23.2. The molecule has 3 nitrogen and oxygen atoms in total. The van der Waals surface area contributed by atoms with Crippen LogP contribution in [-0.4, -0.2) is 44.5 Å². The summed E-state index contributed by atoms with van der Waals surface area (Å²) in [4.78, 5) is 2.19. The minimum Gasteiger partial charge on any atom is -0.351 e. The molecule has 0 amide bonds. The normalized spacial score (nSPS) is 14.1. The molecule has 0 rings (SSSR count). The number of likely N-dealkylation sites (N-methyl/N-ethyl adjacent to an activating group) is 1. The Morgan fingerprint density at radius 3 is 1.52 bits per heavy atom. The van der Waals surface area contributed by atoms with E-state index in [-0.39, 0.29) is 12.3 Å². The van der Waals surface area contributed by atoms with Crippen LogP contribution < -0.4 is 0 Å².